The lowest BCUT2D eigenvalue weighted by Gasteiger charge is -2.14. The van der Waals surface area contributed by atoms with Gasteiger partial charge in [-0.15, -0.1) is 10.2 Å². The third-order valence-corrected chi connectivity index (χ3v) is 3.23. The molecule has 2 rings (SSSR count). The number of carbonyl (C=O) groups excluding carboxylic acids is 1. The number of aromatic nitrogens is 4. The molecule has 0 saturated heterocycles. The molecule has 0 aliphatic carbocycles. The summed E-state index contributed by atoms with van der Waals surface area (Å²) in [6, 6.07) is 2.59. The fourth-order valence-corrected chi connectivity index (χ4v) is 1.86. The zero-order chi connectivity index (χ0) is 15.4. The van der Waals surface area contributed by atoms with Crippen molar-refractivity contribution < 1.29 is 9.53 Å². The van der Waals surface area contributed by atoms with E-state index in [1.54, 1.807) is 19.1 Å². The first-order valence-corrected chi connectivity index (χ1v) is 6.54. The molecule has 8 nitrogen and oxygen atoms in total. The maximum atomic E-state index is 12.0. The number of aryl methyl sites for hydroxylation is 1. The van der Waals surface area contributed by atoms with Gasteiger partial charge in [-0.1, -0.05) is 16.8 Å². The van der Waals surface area contributed by atoms with Crippen LogP contribution < -0.4 is 15.4 Å². The summed E-state index contributed by atoms with van der Waals surface area (Å²) in [6.45, 7) is 3.58. The van der Waals surface area contributed by atoms with Crippen LogP contribution in [-0.2, 0) is 0 Å². The molecule has 112 valence electrons. The molecule has 9 heteroatoms. The lowest BCUT2D eigenvalue weighted by molar-refractivity contribution is 0.249. The number of H-pyrrole nitrogens is 1. The van der Waals surface area contributed by atoms with Crippen molar-refractivity contribution in [2.45, 2.75) is 19.9 Å². The van der Waals surface area contributed by atoms with Crippen LogP contribution in [0.1, 0.15) is 24.4 Å². The lowest BCUT2D eigenvalue weighted by atomic mass is 10.2. The van der Waals surface area contributed by atoms with Gasteiger partial charge >= 0.3 is 6.03 Å². The molecule has 0 fully saturated rings. The van der Waals surface area contributed by atoms with Crippen molar-refractivity contribution in [1.29, 1.82) is 0 Å². The van der Waals surface area contributed by atoms with E-state index in [1.165, 1.54) is 7.11 Å². The Morgan fingerprint density at radius 2 is 2.24 bits per heavy atom. The minimum Gasteiger partial charge on any atom is -0.495 e. The van der Waals surface area contributed by atoms with E-state index in [-0.39, 0.29) is 6.04 Å². The summed E-state index contributed by atoms with van der Waals surface area (Å²) >= 11 is 6.02. The first kappa shape index (κ1) is 15.0. The number of urea groups is 1. The number of benzene rings is 1. The zero-order valence-corrected chi connectivity index (χ0v) is 12.5. The van der Waals surface area contributed by atoms with Gasteiger partial charge < -0.3 is 15.4 Å². The van der Waals surface area contributed by atoms with E-state index < -0.39 is 6.03 Å². The van der Waals surface area contributed by atoms with E-state index in [0.717, 1.165) is 5.56 Å². The summed E-state index contributed by atoms with van der Waals surface area (Å²) in [5, 5.41) is 19.3. The number of methoxy groups -OCH3 is 1. The van der Waals surface area contributed by atoms with E-state index >= 15 is 0 Å². The number of halogens is 1. The van der Waals surface area contributed by atoms with Gasteiger partial charge in [-0.2, -0.15) is 5.21 Å². The molecular formula is C12H15ClN6O2. The van der Waals surface area contributed by atoms with Crippen molar-refractivity contribution in [3.05, 3.63) is 28.5 Å². The van der Waals surface area contributed by atoms with Gasteiger partial charge in [-0.05, 0) is 25.5 Å². The SMILES string of the molecule is COc1cc(Cl)c(C)cc1NC(=O)NC(C)c1nn[nH]n1. The quantitative estimate of drug-likeness (QED) is 0.801. The molecule has 3 N–H and O–H groups in total. The Bertz CT molecular complexity index is 631. The van der Waals surface area contributed by atoms with Crippen molar-refractivity contribution in [2.75, 3.05) is 12.4 Å². The Labute approximate surface area is 126 Å². The molecule has 0 saturated carbocycles. The van der Waals surface area contributed by atoms with Crippen LogP contribution in [0.5, 0.6) is 5.75 Å². The molecule has 0 bridgehead atoms. The number of aromatic amines is 1. The van der Waals surface area contributed by atoms with Crippen molar-refractivity contribution in [2.24, 2.45) is 0 Å². The fourth-order valence-electron chi connectivity index (χ4n) is 1.70. The minimum absolute atomic E-state index is 0.386. The van der Waals surface area contributed by atoms with Crippen molar-refractivity contribution in [1.82, 2.24) is 25.9 Å². The molecule has 0 spiro atoms. The average Bonchev–Trinajstić information content (AvgIpc) is 2.96. The van der Waals surface area contributed by atoms with Crippen LogP contribution in [0.25, 0.3) is 0 Å². The van der Waals surface area contributed by atoms with Crippen LogP contribution in [0.2, 0.25) is 5.02 Å². The van der Waals surface area contributed by atoms with Crippen LogP contribution in [-0.4, -0.2) is 33.8 Å². The van der Waals surface area contributed by atoms with Gasteiger partial charge in [0, 0.05) is 11.1 Å². The highest BCUT2D eigenvalue weighted by atomic mass is 35.5. The first-order chi connectivity index (χ1) is 10.0. The van der Waals surface area contributed by atoms with E-state index in [9.17, 15) is 4.79 Å². The maximum Gasteiger partial charge on any atom is 0.319 e. The number of amides is 2. The summed E-state index contributed by atoms with van der Waals surface area (Å²) in [7, 11) is 1.51. The summed E-state index contributed by atoms with van der Waals surface area (Å²) in [6.07, 6.45) is 0. The van der Waals surface area contributed by atoms with Crippen LogP contribution in [0, 0.1) is 6.92 Å². The van der Waals surface area contributed by atoms with Crippen molar-refractivity contribution in [3.8, 4) is 5.75 Å². The molecule has 2 aromatic rings. The van der Waals surface area contributed by atoms with E-state index in [2.05, 4.69) is 31.3 Å². The van der Waals surface area contributed by atoms with Gasteiger partial charge in [0.05, 0.1) is 18.8 Å². The Kier molecular flexibility index (Phi) is 4.59. The van der Waals surface area contributed by atoms with E-state index in [0.29, 0.717) is 22.3 Å². The third kappa shape index (κ3) is 3.60. The fraction of sp³-hybridized carbons (Fsp3) is 0.333. The normalized spacial score (nSPS) is 11.8. The Morgan fingerprint density at radius 3 is 2.86 bits per heavy atom. The summed E-state index contributed by atoms with van der Waals surface area (Å²) in [4.78, 5) is 12.0. The van der Waals surface area contributed by atoms with E-state index in [1.807, 2.05) is 6.92 Å². The minimum atomic E-state index is -0.410. The number of hydrogen-bond donors (Lipinski definition) is 3. The number of carbonyl (C=O) groups is 1. The van der Waals surface area contributed by atoms with Gasteiger partial charge in [0.15, 0.2) is 5.82 Å². The number of anilines is 1. The topological polar surface area (TPSA) is 105 Å². The molecule has 1 aromatic heterocycles. The largest absolute Gasteiger partial charge is 0.495 e. The molecule has 0 radical (unpaired) electrons. The van der Waals surface area contributed by atoms with Crippen molar-refractivity contribution >= 4 is 23.3 Å². The summed E-state index contributed by atoms with van der Waals surface area (Å²) < 4.78 is 5.19. The standard InChI is InChI=1S/C12H15ClN6O2/c1-6-4-9(10(21-3)5-8(6)13)15-12(20)14-7(2)11-16-18-19-17-11/h4-5,7H,1-3H3,(H2,14,15,20)(H,16,17,18,19). The van der Waals surface area contributed by atoms with Crippen LogP contribution in [0.4, 0.5) is 10.5 Å². The molecule has 21 heavy (non-hydrogen) atoms. The molecule has 1 atom stereocenters. The highest BCUT2D eigenvalue weighted by Gasteiger charge is 2.15. The zero-order valence-electron chi connectivity index (χ0n) is 11.8. The molecule has 1 aromatic carbocycles. The number of rotatable bonds is 4. The van der Waals surface area contributed by atoms with Gasteiger partial charge in [-0.3, -0.25) is 0 Å². The number of hydrogen-bond acceptors (Lipinski definition) is 5. The van der Waals surface area contributed by atoms with Crippen LogP contribution in [0.15, 0.2) is 12.1 Å². The molecule has 0 aliphatic heterocycles. The van der Waals surface area contributed by atoms with E-state index in [4.69, 9.17) is 16.3 Å². The Hall–Kier alpha value is -2.35. The number of nitrogens with zero attached hydrogens (tertiary/aromatic N) is 3. The number of nitrogens with one attached hydrogen (secondary N) is 3. The second kappa shape index (κ2) is 6.40. The monoisotopic (exact) mass is 310 g/mol. The third-order valence-electron chi connectivity index (χ3n) is 2.83. The second-order valence-electron chi connectivity index (χ2n) is 4.39. The predicted octanol–water partition coefficient (Wildman–Crippen LogP) is 2.05. The smallest absolute Gasteiger partial charge is 0.319 e. The molecule has 1 heterocycles. The van der Waals surface area contributed by atoms with Gasteiger partial charge in [-0.25, -0.2) is 4.79 Å². The van der Waals surface area contributed by atoms with Gasteiger partial charge in [0.25, 0.3) is 0 Å². The Morgan fingerprint density at radius 1 is 1.48 bits per heavy atom. The highest BCUT2D eigenvalue weighted by Crippen LogP contribution is 2.30. The summed E-state index contributed by atoms with van der Waals surface area (Å²) in [5.74, 6) is 0.873. The Balaban J connectivity index is 2.07. The van der Waals surface area contributed by atoms with Gasteiger partial charge in [0.2, 0.25) is 0 Å². The average molecular weight is 311 g/mol. The first-order valence-electron chi connectivity index (χ1n) is 6.16. The highest BCUT2D eigenvalue weighted by molar-refractivity contribution is 6.31. The maximum absolute atomic E-state index is 12.0. The molecule has 0 aliphatic rings. The number of ether oxygens (including phenoxy) is 1. The number of tetrazole rings is 1. The molecule has 2 amide bonds. The summed E-state index contributed by atoms with van der Waals surface area (Å²) in [5.41, 5.74) is 1.36. The molecule has 1 unspecified atom stereocenters. The van der Waals surface area contributed by atoms with Crippen LogP contribution in [0.3, 0.4) is 0 Å². The lowest BCUT2D eigenvalue weighted by Crippen LogP contribution is -2.31. The second-order valence-corrected chi connectivity index (χ2v) is 4.80. The predicted molar refractivity (Wildman–Crippen MR) is 77.5 cm³/mol. The van der Waals surface area contributed by atoms with Crippen molar-refractivity contribution in [3.63, 3.8) is 0 Å². The van der Waals surface area contributed by atoms with Gasteiger partial charge in [0.1, 0.15) is 5.75 Å². The molecular weight excluding hydrogens is 296 g/mol. The van der Waals surface area contributed by atoms with Crippen LogP contribution >= 0.6 is 11.6 Å².